The SMILES string of the molecule is c1cnc2c(c1)ccc1cccc(-n3c4ccccc4c4cc(-c5ccc6c(c5)c5ccccc5n6-c5cccc6ccc7cccnc7c56)ccc43)c12. The van der Waals surface area contributed by atoms with Crippen molar-refractivity contribution in [2.75, 3.05) is 0 Å². The highest BCUT2D eigenvalue weighted by molar-refractivity contribution is 6.17. The number of para-hydroxylation sites is 2. The zero-order valence-electron chi connectivity index (χ0n) is 29.1. The van der Waals surface area contributed by atoms with Crippen molar-refractivity contribution in [1.82, 2.24) is 19.1 Å². The van der Waals surface area contributed by atoms with Gasteiger partial charge in [-0.25, -0.2) is 0 Å². The van der Waals surface area contributed by atoms with Crippen LogP contribution in [0.5, 0.6) is 0 Å². The number of pyridine rings is 2. The van der Waals surface area contributed by atoms with Crippen molar-refractivity contribution < 1.29 is 0 Å². The molecule has 0 aliphatic heterocycles. The minimum absolute atomic E-state index is 1.02. The third-order valence-electron chi connectivity index (χ3n) is 11.3. The quantitative estimate of drug-likeness (QED) is 0.173. The van der Waals surface area contributed by atoms with Gasteiger partial charge in [0.2, 0.25) is 0 Å². The Labute approximate surface area is 309 Å². The molecule has 0 fully saturated rings. The molecule has 4 aromatic heterocycles. The van der Waals surface area contributed by atoms with E-state index in [1.54, 1.807) is 0 Å². The van der Waals surface area contributed by atoms with E-state index >= 15 is 0 Å². The number of nitrogens with zero attached hydrogens (tertiary/aromatic N) is 4. The summed E-state index contributed by atoms with van der Waals surface area (Å²) >= 11 is 0. The van der Waals surface area contributed by atoms with Crippen LogP contribution in [0.3, 0.4) is 0 Å². The number of hydrogen-bond acceptors (Lipinski definition) is 2. The maximum absolute atomic E-state index is 4.87. The number of benzene rings is 8. The zero-order chi connectivity index (χ0) is 35.3. The molecule has 0 amide bonds. The van der Waals surface area contributed by atoms with Crippen molar-refractivity contribution in [2.24, 2.45) is 0 Å². The van der Waals surface area contributed by atoms with E-state index in [0.29, 0.717) is 0 Å². The molecule has 0 radical (unpaired) electrons. The maximum atomic E-state index is 4.87. The first-order valence-electron chi connectivity index (χ1n) is 18.4. The van der Waals surface area contributed by atoms with Gasteiger partial charge < -0.3 is 9.13 Å². The van der Waals surface area contributed by atoms with Crippen LogP contribution in [0.15, 0.2) is 182 Å². The molecule has 4 heterocycles. The van der Waals surface area contributed by atoms with Gasteiger partial charge in [0.15, 0.2) is 0 Å². The Morgan fingerprint density at radius 2 is 0.741 bits per heavy atom. The van der Waals surface area contributed by atoms with Crippen LogP contribution in [0.25, 0.3) is 109 Å². The van der Waals surface area contributed by atoms with Gasteiger partial charge in [-0.05, 0) is 82.6 Å². The Hall–Kier alpha value is -7.30. The number of fused-ring (bicyclic) bond motifs is 12. The van der Waals surface area contributed by atoms with E-state index in [4.69, 9.17) is 9.97 Å². The van der Waals surface area contributed by atoms with Gasteiger partial charge in [-0.1, -0.05) is 109 Å². The van der Waals surface area contributed by atoms with Crippen molar-refractivity contribution in [2.45, 2.75) is 0 Å². The average molecular weight is 687 g/mol. The van der Waals surface area contributed by atoms with Gasteiger partial charge >= 0.3 is 0 Å². The summed E-state index contributed by atoms with van der Waals surface area (Å²) in [5, 5.41) is 11.9. The van der Waals surface area contributed by atoms with Crippen LogP contribution >= 0.6 is 0 Å². The monoisotopic (exact) mass is 686 g/mol. The second-order valence-corrected chi connectivity index (χ2v) is 14.2. The fourth-order valence-corrected chi connectivity index (χ4v) is 8.99. The van der Waals surface area contributed by atoms with Crippen molar-refractivity contribution in [3.8, 4) is 22.5 Å². The molecule has 250 valence electrons. The molecule has 0 atom stereocenters. The molecule has 0 unspecified atom stereocenters. The van der Waals surface area contributed by atoms with Crippen LogP contribution in [-0.4, -0.2) is 19.1 Å². The molecule has 0 N–H and O–H groups in total. The summed E-state index contributed by atoms with van der Waals surface area (Å²) in [5.74, 6) is 0. The summed E-state index contributed by atoms with van der Waals surface area (Å²) < 4.78 is 4.84. The molecular weight excluding hydrogens is 657 g/mol. The van der Waals surface area contributed by atoms with E-state index in [2.05, 4.69) is 167 Å². The molecule has 12 rings (SSSR count). The second kappa shape index (κ2) is 11.1. The summed E-state index contributed by atoms with van der Waals surface area (Å²) in [5.41, 5.74) is 11.4. The Morgan fingerprint density at radius 1 is 0.315 bits per heavy atom. The van der Waals surface area contributed by atoms with E-state index in [1.807, 2.05) is 24.5 Å². The highest BCUT2D eigenvalue weighted by Crippen LogP contribution is 2.41. The second-order valence-electron chi connectivity index (χ2n) is 14.2. The van der Waals surface area contributed by atoms with Crippen molar-refractivity contribution >= 4 is 87.0 Å². The molecule has 4 nitrogen and oxygen atoms in total. The van der Waals surface area contributed by atoms with Crippen LogP contribution in [0.2, 0.25) is 0 Å². The third kappa shape index (κ3) is 4.08. The number of hydrogen-bond donors (Lipinski definition) is 0. The Bertz CT molecular complexity index is 3280. The summed E-state index contributed by atoms with van der Waals surface area (Å²) in [6.07, 6.45) is 3.79. The van der Waals surface area contributed by atoms with Crippen LogP contribution in [0.4, 0.5) is 0 Å². The van der Waals surface area contributed by atoms with Crippen LogP contribution < -0.4 is 0 Å². The summed E-state index contributed by atoms with van der Waals surface area (Å²) in [6, 6.07) is 61.6. The van der Waals surface area contributed by atoms with Gasteiger partial charge in [0.1, 0.15) is 0 Å². The molecule has 0 aliphatic carbocycles. The first-order valence-corrected chi connectivity index (χ1v) is 18.4. The Kier molecular flexibility index (Phi) is 6.02. The molecular formula is C50H30N4. The molecule has 0 saturated heterocycles. The first kappa shape index (κ1) is 29.3. The molecule has 0 saturated carbocycles. The predicted octanol–water partition coefficient (Wildman–Crippen LogP) is 13.0. The van der Waals surface area contributed by atoms with Gasteiger partial charge in [0.25, 0.3) is 0 Å². The minimum Gasteiger partial charge on any atom is -0.309 e. The Balaban J connectivity index is 1.08. The smallest absolute Gasteiger partial charge is 0.0801 e. The normalized spacial score (nSPS) is 12.1. The maximum Gasteiger partial charge on any atom is 0.0801 e. The molecule has 0 spiro atoms. The van der Waals surface area contributed by atoms with Crippen molar-refractivity contribution in [1.29, 1.82) is 0 Å². The molecule has 8 aromatic carbocycles. The molecule has 4 heteroatoms. The van der Waals surface area contributed by atoms with Crippen LogP contribution in [0, 0.1) is 0 Å². The van der Waals surface area contributed by atoms with Gasteiger partial charge in [-0.15, -0.1) is 0 Å². The van der Waals surface area contributed by atoms with Gasteiger partial charge in [-0.3, -0.25) is 9.97 Å². The van der Waals surface area contributed by atoms with Gasteiger partial charge in [0.05, 0.1) is 44.5 Å². The summed E-state index contributed by atoms with van der Waals surface area (Å²) in [4.78, 5) is 9.74. The zero-order valence-corrected chi connectivity index (χ0v) is 29.1. The van der Waals surface area contributed by atoms with E-state index < -0.39 is 0 Å². The van der Waals surface area contributed by atoms with Gasteiger partial charge in [-0.2, -0.15) is 0 Å². The molecule has 0 aliphatic rings. The molecule has 12 aromatic rings. The fourth-order valence-electron chi connectivity index (χ4n) is 8.99. The lowest BCUT2D eigenvalue weighted by atomic mass is 10.0. The van der Waals surface area contributed by atoms with Crippen LogP contribution in [-0.2, 0) is 0 Å². The third-order valence-corrected chi connectivity index (χ3v) is 11.3. The van der Waals surface area contributed by atoms with Crippen molar-refractivity contribution in [3.05, 3.63) is 182 Å². The largest absolute Gasteiger partial charge is 0.309 e. The first-order chi connectivity index (χ1) is 26.8. The Morgan fingerprint density at radius 3 is 1.24 bits per heavy atom. The fraction of sp³-hybridized carbons (Fsp3) is 0. The topological polar surface area (TPSA) is 35.6 Å². The highest BCUT2D eigenvalue weighted by atomic mass is 15.0. The van der Waals surface area contributed by atoms with Gasteiger partial charge in [0, 0.05) is 55.5 Å². The standard InChI is InChI=1S/C50H30N4/c1-3-15-41-37(13-1)39-29-35(23-25-43(39)53(41)45-17-5-9-31-19-21-33-11-7-27-51-49(33)47(31)45)36-24-26-44-40(30-36)38-14-2-4-16-42(38)54(44)46-18-6-10-32-20-22-34-12-8-28-52-50(34)48(32)46/h1-30H. The lowest BCUT2D eigenvalue weighted by Gasteiger charge is -2.14. The lowest BCUT2D eigenvalue weighted by Crippen LogP contribution is -1.96. The summed E-state index contributed by atoms with van der Waals surface area (Å²) in [6.45, 7) is 0. The number of aromatic nitrogens is 4. The minimum atomic E-state index is 1.02. The number of rotatable bonds is 3. The molecule has 54 heavy (non-hydrogen) atoms. The molecule has 0 bridgehead atoms. The predicted molar refractivity (Wildman–Crippen MR) is 226 cm³/mol. The van der Waals surface area contributed by atoms with E-state index in [1.165, 1.54) is 76.3 Å². The summed E-state index contributed by atoms with van der Waals surface area (Å²) in [7, 11) is 0. The average Bonchev–Trinajstić information content (AvgIpc) is 3.75. The lowest BCUT2D eigenvalue weighted by molar-refractivity contribution is 1.20. The highest BCUT2D eigenvalue weighted by Gasteiger charge is 2.19. The van der Waals surface area contributed by atoms with Crippen molar-refractivity contribution in [3.63, 3.8) is 0 Å². The van der Waals surface area contributed by atoms with E-state index in [0.717, 1.165) is 33.2 Å². The van der Waals surface area contributed by atoms with Crippen LogP contribution in [0.1, 0.15) is 0 Å². The van der Waals surface area contributed by atoms with E-state index in [-0.39, 0.29) is 0 Å². The van der Waals surface area contributed by atoms with E-state index in [9.17, 15) is 0 Å².